The van der Waals surface area contributed by atoms with Crippen LogP contribution in [0.3, 0.4) is 0 Å². The van der Waals surface area contributed by atoms with E-state index >= 15 is 0 Å². The van der Waals surface area contributed by atoms with Crippen molar-refractivity contribution < 1.29 is 4.79 Å². The first kappa shape index (κ1) is 20.0. The largest absolute Gasteiger partial charge is 0.356 e. The van der Waals surface area contributed by atoms with Gasteiger partial charge in [0.15, 0.2) is 0 Å². The molecule has 2 heterocycles. The van der Waals surface area contributed by atoms with E-state index in [-0.39, 0.29) is 11.8 Å². The summed E-state index contributed by atoms with van der Waals surface area (Å²) in [6, 6.07) is 14.9. The number of benzene rings is 2. The predicted molar refractivity (Wildman–Crippen MR) is 124 cm³/mol. The van der Waals surface area contributed by atoms with Crippen molar-refractivity contribution >= 4 is 22.8 Å². The summed E-state index contributed by atoms with van der Waals surface area (Å²) in [5.41, 5.74) is 6.28. The third kappa shape index (κ3) is 4.27. The molecule has 0 saturated carbocycles. The second kappa shape index (κ2) is 8.66. The highest BCUT2D eigenvalue weighted by Crippen LogP contribution is 2.29. The van der Waals surface area contributed by atoms with Gasteiger partial charge >= 0.3 is 0 Å². The van der Waals surface area contributed by atoms with Crippen molar-refractivity contribution in [3.05, 3.63) is 64.8 Å². The van der Waals surface area contributed by atoms with Crippen LogP contribution in [0.25, 0.3) is 10.9 Å². The maximum absolute atomic E-state index is 12.6. The first-order valence-electron chi connectivity index (χ1n) is 11.5. The highest BCUT2D eigenvalue weighted by Gasteiger charge is 2.26. The molecule has 1 aromatic heterocycles. The fraction of sp³-hybridized carbons (Fsp3) is 0.423. The Hall–Kier alpha value is -2.95. The van der Waals surface area contributed by atoms with Crippen LogP contribution in [0, 0.1) is 12.8 Å². The van der Waals surface area contributed by atoms with Crippen LogP contribution in [0.2, 0.25) is 0 Å². The fourth-order valence-electron chi connectivity index (χ4n) is 4.94. The molecule has 1 fully saturated rings. The Morgan fingerprint density at radius 2 is 1.81 bits per heavy atom. The third-order valence-electron chi connectivity index (χ3n) is 6.79. The maximum atomic E-state index is 12.6. The van der Waals surface area contributed by atoms with Gasteiger partial charge in [-0.2, -0.15) is 0 Å². The van der Waals surface area contributed by atoms with Crippen LogP contribution in [0.15, 0.2) is 42.5 Å². The molecule has 1 saturated heterocycles. The van der Waals surface area contributed by atoms with Gasteiger partial charge in [0.1, 0.15) is 0 Å². The zero-order chi connectivity index (χ0) is 21.2. The van der Waals surface area contributed by atoms with Gasteiger partial charge in [0, 0.05) is 30.9 Å². The molecule has 5 nitrogen and oxygen atoms in total. The number of fused-ring (bicyclic) bond motifs is 2. The van der Waals surface area contributed by atoms with Crippen LogP contribution in [-0.2, 0) is 24.1 Å². The number of hydrogen-bond acceptors (Lipinski definition) is 4. The molecule has 2 aliphatic rings. The summed E-state index contributed by atoms with van der Waals surface area (Å²) in [4.78, 5) is 24.6. The summed E-state index contributed by atoms with van der Waals surface area (Å²) in [5.74, 6) is 1.07. The van der Waals surface area contributed by atoms with Gasteiger partial charge in [0.25, 0.3) is 0 Å². The van der Waals surface area contributed by atoms with Crippen LogP contribution in [0.4, 0.5) is 5.95 Å². The Kier molecular flexibility index (Phi) is 5.58. The predicted octanol–water partition coefficient (Wildman–Crippen LogP) is 4.00. The van der Waals surface area contributed by atoms with Crippen LogP contribution in [0.5, 0.6) is 0 Å². The minimum Gasteiger partial charge on any atom is -0.356 e. The fourth-order valence-corrected chi connectivity index (χ4v) is 4.94. The van der Waals surface area contributed by atoms with Gasteiger partial charge in [0.2, 0.25) is 11.9 Å². The minimum atomic E-state index is 0.0804. The molecule has 160 valence electrons. The van der Waals surface area contributed by atoms with Crippen molar-refractivity contribution in [3.8, 4) is 0 Å². The van der Waals surface area contributed by atoms with Gasteiger partial charge < -0.3 is 10.2 Å². The Morgan fingerprint density at radius 1 is 1.06 bits per heavy atom. The van der Waals surface area contributed by atoms with Gasteiger partial charge in [-0.1, -0.05) is 30.3 Å². The summed E-state index contributed by atoms with van der Waals surface area (Å²) in [6.45, 7) is 4.43. The summed E-state index contributed by atoms with van der Waals surface area (Å²) in [7, 11) is 0. The molecule has 0 unspecified atom stereocenters. The van der Waals surface area contributed by atoms with E-state index in [9.17, 15) is 4.79 Å². The molecule has 5 heteroatoms. The van der Waals surface area contributed by atoms with Crippen LogP contribution >= 0.6 is 0 Å². The smallest absolute Gasteiger partial charge is 0.226 e. The van der Waals surface area contributed by atoms with E-state index in [2.05, 4.69) is 41.4 Å². The van der Waals surface area contributed by atoms with Crippen molar-refractivity contribution in [1.82, 2.24) is 15.3 Å². The first-order valence-corrected chi connectivity index (χ1v) is 11.5. The lowest BCUT2D eigenvalue weighted by Crippen LogP contribution is -2.41. The van der Waals surface area contributed by atoms with E-state index in [0.29, 0.717) is 6.54 Å². The first-order chi connectivity index (χ1) is 15.2. The molecule has 5 rings (SSSR count). The number of anilines is 1. The lowest BCUT2D eigenvalue weighted by atomic mass is 9.96. The molecule has 1 aliphatic carbocycles. The standard InChI is InChI=1S/C26H30N4O/c1-18-23-16-21-8-5-9-22(21)17-24(23)29-26(28-18)30-14-11-20(12-15-30)25(31)27-13-10-19-6-3-2-4-7-19/h2-4,6-7,16-17,20H,5,8-15H2,1H3,(H,27,31). The van der Waals surface area contributed by atoms with Crippen molar-refractivity contribution in [1.29, 1.82) is 0 Å². The molecule has 1 N–H and O–H groups in total. The van der Waals surface area contributed by atoms with Crippen LogP contribution in [-0.4, -0.2) is 35.5 Å². The van der Waals surface area contributed by atoms with Crippen molar-refractivity contribution in [2.45, 2.75) is 45.4 Å². The van der Waals surface area contributed by atoms with E-state index < -0.39 is 0 Å². The van der Waals surface area contributed by atoms with E-state index in [4.69, 9.17) is 9.97 Å². The highest BCUT2D eigenvalue weighted by molar-refractivity contribution is 5.84. The second-order valence-corrected chi connectivity index (χ2v) is 8.89. The molecule has 1 aliphatic heterocycles. The van der Waals surface area contributed by atoms with Gasteiger partial charge in [-0.05, 0) is 74.3 Å². The number of carbonyl (C=O) groups excluding carboxylic acids is 1. The monoisotopic (exact) mass is 414 g/mol. The number of nitrogens with zero attached hydrogens (tertiary/aromatic N) is 3. The number of piperidine rings is 1. The quantitative estimate of drug-likeness (QED) is 0.686. The molecule has 0 spiro atoms. The van der Waals surface area contributed by atoms with E-state index in [0.717, 1.165) is 55.9 Å². The Labute approximate surface area is 183 Å². The van der Waals surface area contributed by atoms with Gasteiger partial charge in [0.05, 0.1) is 11.2 Å². The average Bonchev–Trinajstić information content (AvgIpc) is 3.26. The number of carbonyl (C=O) groups is 1. The Bertz CT molecular complexity index is 1090. The summed E-state index contributed by atoms with van der Waals surface area (Å²) in [6.07, 6.45) is 6.15. The number of aromatic nitrogens is 2. The zero-order valence-corrected chi connectivity index (χ0v) is 18.2. The average molecular weight is 415 g/mol. The molecule has 0 bridgehead atoms. The molecule has 0 radical (unpaired) electrons. The van der Waals surface area contributed by atoms with E-state index in [1.165, 1.54) is 34.9 Å². The summed E-state index contributed by atoms with van der Waals surface area (Å²) >= 11 is 0. The van der Waals surface area contributed by atoms with Crippen molar-refractivity contribution in [2.75, 3.05) is 24.5 Å². The number of rotatable bonds is 5. The van der Waals surface area contributed by atoms with Crippen LogP contribution in [0.1, 0.15) is 41.6 Å². The topological polar surface area (TPSA) is 58.1 Å². The second-order valence-electron chi connectivity index (χ2n) is 8.89. The zero-order valence-electron chi connectivity index (χ0n) is 18.2. The van der Waals surface area contributed by atoms with Crippen LogP contribution < -0.4 is 10.2 Å². The normalized spacial score (nSPS) is 16.5. The molecule has 3 aromatic rings. The molecule has 0 atom stereocenters. The Balaban J connectivity index is 1.20. The lowest BCUT2D eigenvalue weighted by molar-refractivity contribution is -0.125. The number of hydrogen-bond donors (Lipinski definition) is 1. The Morgan fingerprint density at radius 3 is 2.58 bits per heavy atom. The number of amides is 1. The summed E-state index contributed by atoms with van der Waals surface area (Å²) in [5, 5.41) is 4.30. The molecular weight excluding hydrogens is 384 g/mol. The van der Waals surface area contributed by atoms with Crippen molar-refractivity contribution in [3.63, 3.8) is 0 Å². The van der Waals surface area contributed by atoms with Crippen molar-refractivity contribution in [2.24, 2.45) is 5.92 Å². The summed E-state index contributed by atoms with van der Waals surface area (Å²) < 4.78 is 0. The number of nitrogens with one attached hydrogen (secondary N) is 1. The highest BCUT2D eigenvalue weighted by atomic mass is 16.1. The molecule has 2 aromatic carbocycles. The maximum Gasteiger partial charge on any atom is 0.226 e. The van der Waals surface area contributed by atoms with Gasteiger partial charge in [-0.25, -0.2) is 9.97 Å². The minimum absolute atomic E-state index is 0.0804. The third-order valence-corrected chi connectivity index (χ3v) is 6.79. The molecular formula is C26H30N4O. The van der Waals surface area contributed by atoms with Gasteiger partial charge in [-0.3, -0.25) is 4.79 Å². The SMILES string of the molecule is Cc1nc(N2CCC(C(=O)NCCc3ccccc3)CC2)nc2cc3c(cc12)CCC3. The number of aryl methyl sites for hydroxylation is 3. The van der Waals surface area contributed by atoms with E-state index in [1.54, 1.807) is 0 Å². The molecule has 31 heavy (non-hydrogen) atoms. The van der Waals surface area contributed by atoms with E-state index in [1.807, 2.05) is 18.2 Å². The van der Waals surface area contributed by atoms with Gasteiger partial charge in [-0.15, -0.1) is 0 Å². The lowest BCUT2D eigenvalue weighted by Gasteiger charge is -2.31. The molecule has 1 amide bonds.